The highest BCUT2D eigenvalue weighted by atomic mass is 35.5. The molecule has 1 unspecified atom stereocenters. The van der Waals surface area contributed by atoms with Crippen molar-refractivity contribution in [2.45, 2.75) is 32.2 Å². The highest BCUT2D eigenvalue weighted by Crippen LogP contribution is 2.31. The van der Waals surface area contributed by atoms with Crippen molar-refractivity contribution in [2.24, 2.45) is 11.7 Å². The summed E-state index contributed by atoms with van der Waals surface area (Å²) in [5.41, 5.74) is 8.24. The fourth-order valence-electron chi connectivity index (χ4n) is 2.51. The summed E-state index contributed by atoms with van der Waals surface area (Å²) in [5, 5.41) is 2.85. The van der Waals surface area contributed by atoms with Crippen molar-refractivity contribution in [1.29, 1.82) is 0 Å². The molecule has 3 rings (SSSR count). The molecule has 0 saturated heterocycles. The van der Waals surface area contributed by atoms with Crippen LogP contribution in [-0.2, 0) is 6.42 Å². The van der Waals surface area contributed by atoms with E-state index in [0.717, 1.165) is 12.0 Å². The molecule has 1 atom stereocenters. The molecule has 124 valence electrons. The van der Waals surface area contributed by atoms with Crippen LogP contribution in [0.1, 0.15) is 35.9 Å². The van der Waals surface area contributed by atoms with E-state index in [2.05, 4.69) is 24.4 Å². The number of benzene rings is 1. The van der Waals surface area contributed by atoms with Crippen molar-refractivity contribution in [3.63, 3.8) is 0 Å². The topological polar surface area (TPSA) is 68.3 Å². The third kappa shape index (κ3) is 4.36. The minimum absolute atomic E-state index is 0. The zero-order valence-electron chi connectivity index (χ0n) is 13.2. The number of nitrogens with one attached hydrogen (secondary N) is 1. The van der Waals surface area contributed by atoms with Gasteiger partial charge < -0.3 is 15.5 Å². The van der Waals surface area contributed by atoms with E-state index in [0.29, 0.717) is 24.0 Å². The van der Waals surface area contributed by atoms with Crippen LogP contribution in [0.4, 0.5) is 0 Å². The Bertz CT molecular complexity index is 647. The monoisotopic (exact) mass is 334 g/mol. The van der Waals surface area contributed by atoms with Gasteiger partial charge in [0.1, 0.15) is 5.76 Å². The second-order valence-corrected chi connectivity index (χ2v) is 5.93. The molecular weight excluding hydrogens is 312 g/mol. The second kappa shape index (κ2) is 7.66. The van der Waals surface area contributed by atoms with Crippen LogP contribution in [0.5, 0.6) is 0 Å². The van der Waals surface area contributed by atoms with Gasteiger partial charge >= 0.3 is 0 Å². The Morgan fingerprint density at radius 2 is 1.96 bits per heavy atom. The van der Waals surface area contributed by atoms with E-state index in [1.54, 1.807) is 6.07 Å². The largest absolute Gasteiger partial charge is 0.451 e. The van der Waals surface area contributed by atoms with Crippen molar-refractivity contribution < 1.29 is 9.21 Å². The Hall–Kier alpha value is -1.78. The van der Waals surface area contributed by atoms with Gasteiger partial charge in [-0.15, -0.1) is 12.4 Å². The number of halogens is 1. The summed E-state index contributed by atoms with van der Waals surface area (Å²) in [7, 11) is 0. The number of amides is 1. The molecule has 1 aliphatic carbocycles. The molecule has 3 N–H and O–H groups in total. The van der Waals surface area contributed by atoms with Crippen LogP contribution in [0.2, 0.25) is 0 Å². The molecule has 1 aliphatic rings. The van der Waals surface area contributed by atoms with Crippen molar-refractivity contribution in [3.8, 4) is 11.3 Å². The summed E-state index contributed by atoms with van der Waals surface area (Å²) >= 11 is 0. The Labute approximate surface area is 142 Å². The average molecular weight is 335 g/mol. The lowest BCUT2D eigenvalue weighted by molar-refractivity contribution is 0.0923. The van der Waals surface area contributed by atoms with Crippen LogP contribution in [0, 0.1) is 5.92 Å². The molecule has 5 heteroatoms. The first kappa shape index (κ1) is 17.6. The number of hydrogen-bond acceptors (Lipinski definition) is 3. The first-order chi connectivity index (χ1) is 10.7. The van der Waals surface area contributed by atoms with Gasteiger partial charge in [0.2, 0.25) is 0 Å². The molecule has 1 aromatic heterocycles. The first-order valence-electron chi connectivity index (χ1n) is 7.90. The Morgan fingerprint density at radius 1 is 1.26 bits per heavy atom. The predicted molar refractivity (Wildman–Crippen MR) is 93.8 cm³/mol. The van der Waals surface area contributed by atoms with E-state index in [4.69, 9.17) is 10.2 Å². The van der Waals surface area contributed by atoms with Gasteiger partial charge in [-0.1, -0.05) is 31.2 Å². The molecule has 0 aliphatic heterocycles. The van der Waals surface area contributed by atoms with E-state index in [-0.39, 0.29) is 24.4 Å². The summed E-state index contributed by atoms with van der Waals surface area (Å²) in [4.78, 5) is 12.1. The number of carbonyl (C=O) groups is 1. The van der Waals surface area contributed by atoms with E-state index < -0.39 is 0 Å². The number of aryl methyl sites for hydroxylation is 1. The summed E-state index contributed by atoms with van der Waals surface area (Å²) in [6, 6.07) is 11.8. The third-order valence-corrected chi connectivity index (χ3v) is 4.20. The summed E-state index contributed by atoms with van der Waals surface area (Å²) in [6.45, 7) is 2.63. The average Bonchev–Trinajstić information content (AvgIpc) is 3.29. The highest BCUT2D eigenvalue weighted by molar-refractivity contribution is 5.92. The van der Waals surface area contributed by atoms with Crippen molar-refractivity contribution in [3.05, 3.63) is 47.7 Å². The van der Waals surface area contributed by atoms with Gasteiger partial charge in [0, 0.05) is 18.2 Å². The third-order valence-electron chi connectivity index (χ3n) is 4.20. The molecule has 0 bridgehead atoms. The van der Waals surface area contributed by atoms with Crippen LogP contribution in [-0.4, -0.2) is 18.5 Å². The van der Waals surface area contributed by atoms with Crippen LogP contribution in [0.15, 0.2) is 40.8 Å². The van der Waals surface area contributed by atoms with Crippen LogP contribution >= 0.6 is 12.4 Å². The number of hydrogen-bond donors (Lipinski definition) is 2. The van der Waals surface area contributed by atoms with Crippen molar-refractivity contribution in [2.75, 3.05) is 6.54 Å². The highest BCUT2D eigenvalue weighted by Gasteiger charge is 2.28. The molecule has 0 radical (unpaired) electrons. The molecule has 1 aromatic carbocycles. The minimum atomic E-state index is -0.201. The molecule has 1 heterocycles. The van der Waals surface area contributed by atoms with Gasteiger partial charge in [0.25, 0.3) is 5.91 Å². The van der Waals surface area contributed by atoms with E-state index >= 15 is 0 Å². The van der Waals surface area contributed by atoms with Gasteiger partial charge in [0.15, 0.2) is 5.76 Å². The van der Waals surface area contributed by atoms with Gasteiger partial charge in [0.05, 0.1) is 0 Å². The van der Waals surface area contributed by atoms with Crippen molar-refractivity contribution >= 4 is 18.3 Å². The summed E-state index contributed by atoms with van der Waals surface area (Å²) < 4.78 is 5.66. The zero-order chi connectivity index (χ0) is 15.5. The van der Waals surface area contributed by atoms with Crippen LogP contribution < -0.4 is 11.1 Å². The van der Waals surface area contributed by atoms with Gasteiger partial charge in [-0.25, -0.2) is 0 Å². The zero-order valence-corrected chi connectivity index (χ0v) is 14.1. The predicted octanol–water partition coefficient (Wildman–Crippen LogP) is 3.40. The van der Waals surface area contributed by atoms with Gasteiger partial charge in [-0.2, -0.15) is 0 Å². The SMILES string of the molecule is CCc1ccc(-c2ccc(C(=O)NCC(N)C3CC3)o2)cc1.Cl. The summed E-state index contributed by atoms with van der Waals surface area (Å²) in [6.07, 6.45) is 3.36. The minimum Gasteiger partial charge on any atom is -0.451 e. The van der Waals surface area contributed by atoms with E-state index in [9.17, 15) is 4.79 Å². The van der Waals surface area contributed by atoms with E-state index in [1.807, 2.05) is 18.2 Å². The number of rotatable bonds is 6. The number of nitrogens with two attached hydrogens (primary N) is 1. The Morgan fingerprint density at radius 3 is 2.57 bits per heavy atom. The van der Waals surface area contributed by atoms with Gasteiger partial charge in [-0.05, 0) is 42.9 Å². The quantitative estimate of drug-likeness (QED) is 0.850. The summed E-state index contributed by atoms with van der Waals surface area (Å²) in [5.74, 6) is 1.41. The molecular formula is C18H23ClN2O2. The maximum Gasteiger partial charge on any atom is 0.287 e. The molecule has 2 aromatic rings. The maximum atomic E-state index is 12.1. The molecule has 1 fully saturated rings. The number of carbonyl (C=O) groups excluding carboxylic acids is 1. The lowest BCUT2D eigenvalue weighted by Crippen LogP contribution is -2.38. The maximum absolute atomic E-state index is 12.1. The fraction of sp³-hybridized carbons (Fsp3) is 0.389. The second-order valence-electron chi connectivity index (χ2n) is 5.93. The first-order valence-corrected chi connectivity index (χ1v) is 7.90. The van der Waals surface area contributed by atoms with Crippen LogP contribution in [0.3, 0.4) is 0 Å². The Balaban J connectivity index is 0.00000192. The number of furan rings is 1. The van der Waals surface area contributed by atoms with Gasteiger partial charge in [-0.3, -0.25) is 4.79 Å². The standard InChI is InChI=1S/C18H22N2O2.ClH/c1-2-12-3-5-14(6-4-12)16-9-10-17(22-16)18(21)20-11-15(19)13-7-8-13;/h3-6,9-10,13,15H,2,7-8,11,19H2,1H3,(H,20,21);1H. The normalized spacial score (nSPS) is 14.9. The molecule has 4 nitrogen and oxygen atoms in total. The lowest BCUT2D eigenvalue weighted by Gasteiger charge is -2.10. The lowest BCUT2D eigenvalue weighted by atomic mass is 10.1. The van der Waals surface area contributed by atoms with Crippen LogP contribution in [0.25, 0.3) is 11.3 Å². The molecule has 1 amide bonds. The van der Waals surface area contributed by atoms with E-state index in [1.165, 1.54) is 18.4 Å². The Kier molecular flexibility index (Phi) is 5.85. The molecule has 23 heavy (non-hydrogen) atoms. The van der Waals surface area contributed by atoms with Crippen molar-refractivity contribution in [1.82, 2.24) is 5.32 Å². The smallest absolute Gasteiger partial charge is 0.287 e. The molecule has 1 saturated carbocycles. The fourth-order valence-corrected chi connectivity index (χ4v) is 2.51. The molecule has 0 spiro atoms.